The van der Waals surface area contributed by atoms with Gasteiger partial charge in [-0.25, -0.2) is 4.79 Å². The molecule has 1 atom stereocenters. The van der Waals surface area contributed by atoms with Gasteiger partial charge in [0, 0.05) is 36.9 Å². The number of rotatable bonds is 5. The monoisotopic (exact) mass is 301 g/mol. The number of carbonyl (C=O) groups excluding carboxylic acids is 2. The molecule has 1 aliphatic carbocycles. The largest absolute Gasteiger partial charge is 0.334 e. The van der Waals surface area contributed by atoms with Gasteiger partial charge >= 0.3 is 6.03 Å². The van der Waals surface area contributed by atoms with Crippen molar-refractivity contribution in [3.63, 3.8) is 0 Å². The summed E-state index contributed by atoms with van der Waals surface area (Å²) in [5.41, 5.74) is 1.26. The first-order valence-corrected chi connectivity index (χ1v) is 8.01. The van der Waals surface area contributed by atoms with Gasteiger partial charge in [0.25, 0.3) is 0 Å². The Morgan fingerprint density at radius 3 is 2.82 bits per heavy atom. The standard InChI is InChI=1S/C17H23N3O2/c1-12(21)14-3-2-4-15(9-14)18-17(22)19-16-7-8-20(11-16)10-13-5-6-13/h2-4,9,13,16H,5-8,10-11H2,1H3,(H2,18,19,22). The van der Waals surface area contributed by atoms with Gasteiger partial charge in [-0.2, -0.15) is 0 Å². The van der Waals surface area contributed by atoms with E-state index in [0.717, 1.165) is 25.4 Å². The molecule has 1 aliphatic heterocycles. The molecule has 0 aromatic heterocycles. The lowest BCUT2D eigenvalue weighted by molar-refractivity contribution is 0.101. The van der Waals surface area contributed by atoms with E-state index in [1.165, 1.54) is 26.3 Å². The van der Waals surface area contributed by atoms with Gasteiger partial charge in [0.05, 0.1) is 0 Å². The van der Waals surface area contributed by atoms with Crippen molar-refractivity contribution < 1.29 is 9.59 Å². The Morgan fingerprint density at radius 1 is 1.27 bits per heavy atom. The number of anilines is 1. The van der Waals surface area contributed by atoms with Crippen LogP contribution in [0.15, 0.2) is 24.3 Å². The van der Waals surface area contributed by atoms with E-state index in [1.54, 1.807) is 24.3 Å². The Morgan fingerprint density at radius 2 is 2.09 bits per heavy atom. The minimum absolute atomic E-state index is 0.00410. The Labute approximate surface area is 131 Å². The van der Waals surface area contributed by atoms with Gasteiger partial charge in [-0.15, -0.1) is 0 Å². The number of carbonyl (C=O) groups is 2. The van der Waals surface area contributed by atoms with Crippen molar-refractivity contribution >= 4 is 17.5 Å². The minimum atomic E-state index is -0.195. The Kier molecular flexibility index (Phi) is 4.43. The number of hydrogen-bond acceptors (Lipinski definition) is 3. The molecule has 1 saturated heterocycles. The number of benzene rings is 1. The zero-order chi connectivity index (χ0) is 15.5. The van der Waals surface area contributed by atoms with Crippen molar-refractivity contribution in [3.05, 3.63) is 29.8 Å². The summed E-state index contributed by atoms with van der Waals surface area (Å²) in [7, 11) is 0. The number of ketones is 1. The van der Waals surface area contributed by atoms with Crippen LogP contribution in [-0.4, -0.2) is 42.4 Å². The van der Waals surface area contributed by atoms with Crippen molar-refractivity contribution in [2.24, 2.45) is 5.92 Å². The topological polar surface area (TPSA) is 61.4 Å². The normalized spacial score (nSPS) is 21.6. The van der Waals surface area contributed by atoms with Gasteiger partial charge < -0.3 is 15.5 Å². The second kappa shape index (κ2) is 6.48. The number of hydrogen-bond donors (Lipinski definition) is 2. The first-order chi connectivity index (χ1) is 10.6. The van der Waals surface area contributed by atoms with Crippen molar-refractivity contribution in [2.45, 2.75) is 32.2 Å². The van der Waals surface area contributed by atoms with Gasteiger partial charge in [-0.1, -0.05) is 12.1 Å². The Bertz CT molecular complexity index is 569. The third kappa shape index (κ3) is 4.07. The van der Waals surface area contributed by atoms with Gasteiger partial charge in [0.1, 0.15) is 0 Å². The molecule has 0 spiro atoms. The Balaban J connectivity index is 1.48. The summed E-state index contributed by atoms with van der Waals surface area (Å²) < 4.78 is 0. The lowest BCUT2D eigenvalue weighted by Gasteiger charge is -2.16. The molecule has 0 radical (unpaired) electrons. The molecule has 0 bridgehead atoms. The predicted molar refractivity (Wildman–Crippen MR) is 86.2 cm³/mol. The highest BCUT2D eigenvalue weighted by atomic mass is 16.2. The third-order valence-corrected chi connectivity index (χ3v) is 4.35. The summed E-state index contributed by atoms with van der Waals surface area (Å²) in [5.74, 6) is 0.887. The number of likely N-dealkylation sites (tertiary alicyclic amines) is 1. The molecule has 3 rings (SSSR count). The summed E-state index contributed by atoms with van der Waals surface area (Å²) in [5, 5.41) is 5.83. The molecule has 1 unspecified atom stereocenters. The van der Waals surface area contributed by atoms with Crippen LogP contribution in [0.1, 0.15) is 36.5 Å². The summed E-state index contributed by atoms with van der Waals surface area (Å²) in [6.07, 6.45) is 3.73. The van der Waals surface area contributed by atoms with Gasteiger partial charge in [0.2, 0.25) is 0 Å². The van der Waals surface area contributed by atoms with Gasteiger partial charge in [0.15, 0.2) is 5.78 Å². The van der Waals surface area contributed by atoms with Crippen LogP contribution < -0.4 is 10.6 Å². The molecule has 5 heteroatoms. The molecule has 1 aromatic rings. The van der Waals surface area contributed by atoms with E-state index in [2.05, 4.69) is 15.5 Å². The van der Waals surface area contributed by atoms with Crippen molar-refractivity contribution in [2.75, 3.05) is 25.0 Å². The van der Waals surface area contributed by atoms with Crippen LogP contribution in [-0.2, 0) is 0 Å². The number of urea groups is 1. The smallest absolute Gasteiger partial charge is 0.319 e. The van der Waals surface area contributed by atoms with E-state index in [0.29, 0.717) is 11.3 Å². The van der Waals surface area contributed by atoms with E-state index in [4.69, 9.17) is 0 Å². The molecule has 2 fully saturated rings. The van der Waals surface area contributed by atoms with Crippen LogP contribution in [0.5, 0.6) is 0 Å². The SMILES string of the molecule is CC(=O)c1cccc(NC(=O)NC2CCN(CC3CC3)C2)c1. The van der Waals surface area contributed by atoms with Crippen molar-refractivity contribution in [3.8, 4) is 0 Å². The van der Waals surface area contributed by atoms with E-state index in [1.807, 2.05) is 0 Å². The van der Waals surface area contributed by atoms with Crippen molar-refractivity contribution in [1.29, 1.82) is 0 Å². The van der Waals surface area contributed by atoms with Crippen LogP contribution >= 0.6 is 0 Å². The van der Waals surface area contributed by atoms with Gasteiger partial charge in [-0.3, -0.25) is 4.79 Å². The molecule has 2 amide bonds. The molecule has 118 valence electrons. The second-order valence-corrected chi connectivity index (χ2v) is 6.42. The second-order valence-electron chi connectivity index (χ2n) is 6.42. The molecular formula is C17H23N3O2. The Hall–Kier alpha value is -1.88. The average molecular weight is 301 g/mol. The molecule has 5 nitrogen and oxygen atoms in total. The molecular weight excluding hydrogens is 278 g/mol. The summed E-state index contributed by atoms with van der Waals surface area (Å²) in [4.78, 5) is 25.9. The summed E-state index contributed by atoms with van der Waals surface area (Å²) in [6.45, 7) is 4.71. The lowest BCUT2D eigenvalue weighted by atomic mass is 10.1. The summed E-state index contributed by atoms with van der Waals surface area (Å²) >= 11 is 0. The zero-order valence-corrected chi connectivity index (χ0v) is 13.0. The van der Waals surface area contributed by atoms with Gasteiger partial charge in [-0.05, 0) is 44.2 Å². The first-order valence-electron chi connectivity index (χ1n) is 8.01. The fourth-order valence-corrected chi connectivity index (χ4v) is 2.95. The number of Topliss-reactive ketones (excluding diaryl/α,β-unsaturated/α-hetero) is 1. The molecule has 1 aromatic carbocycles. The zero-order valence-electron chi connectivity index (χ0n) is 13.0. The molecule has 22 heavy (non-hydrogen) atoms. The predicted octanol–water partition coefficient (Wildman–Crippen LogP) is 2.50. The molecule has 2 N–H and O–H groups in total. The highest BCUT2D eigenvalue weighted by Gasteiger charge is 2.29. The molecule has 1 heterocycles. The average Bonchev–Trinajstić information content (AvgIpc) is 3.18. The highest BCUT2D eigenvalue weighted by Crippen LogP contribution is 2.30. The van der Waals surface area contributed by atoms with Crippen LogP contribution in [0.4, 0.5) is 10.5 Å². The van der Waals surface area contributed by atoms with Crippen LogP contribution in [0.25, 0.3) is 0 Å². The maximum atomic E-state index is 12.1. The van der Waals surface area contributed by atoms with Crippen LogP contribution in [0, 0.1) is 5.92 Å². The van der Waals surface area contributed by atoms with Crippen molar-refractivity contribution in [1.82, 2.24) is 10.2 Å². The van der Waals surface area contributed by atoms with E-state index < -0.39 is 0 Å². The molecule has 1 saturated carbocycles. The van der Waals surface area contributed by atoms with E-state index in [9.17, 15) is 9.59 Å². The fraction of sp³-hybridized carbons (Fsp3) is 0.529. The lowest BCUT2D eigenvalue weighted by Crippen LogP contribution is -2.39. The third-order valence-electron chi connectivity index (χ3n) is 4.35. The number of amides is 2. The fourth-order valence-electron chi connectivity index (χ4n) is 2.95. The molecule has 2 aliphatic rings. The minimum Gasteiger partial charge on any atom is -0.334 e. The quantitative estimate of drug-likeness (QED) is 0.821. The van der Waals surface area contributed by atoms with E-state index >= 15 is 0 Å². The van der Waals surface area contributed by atoms with Crippen LogP contribution in [0.3, 0.4) is 0 Å². The first kappa shape index (κ1) is 15.0. The maximum absolute atomic E-state index is 12.1. The maximum Gasteiger partial charge on any atom is 0.319 e. The van der Waals surface area contributed by atoms with Crippen LogP contribution in [0.2, 0.25) is 0 Å². The van der Waals surface area contributed by atoms with E-state index in [-0.39, 0.29) is 17.9 Å². The highest BCUT2D eigenvalue weighted by molar-refractivity contribution is 5.96. The number of nitrogens with one attached hydrogen (secondary N) is 2. The summed E-state index contributed by atoms with van der Waals surface area (Å²) in [6, 6.07) is 7.04. The number of nitrogens with zero attached hydrogens (tertiary/aromatic N) is 1.